The number of carboxylic acid groups (broad SMARTS) is 1. The zero-order chi connectivity index (χ0) is 8.27. The molecule has 0 radical (unpaired) electrons. The summed E-state index contributed by atoms with van der Waals surface area (Å²) in [4.78, 5) is 10.2. The lowest BCUT2D eigenvalue weighted by atomic mass is 9.98. The van der Waals surface area contributed by atoms with Gasteiger partial charge in [-0.2, -0.15) is 0 Å². The van der Waals surface area contributed by atoms with Crippen LogP contribution in [0.15, 0.2) is 0 Å². The Balaban J connectivity index is 2.20. The molecule has 3 heteroatoms. The summed E-state index contributed by atoms with van der Waals surface area (Å²) in [5, 5.41) is 8.42. The van der Waals surface area contributed by atoms with E-state index in [9.17, 15) is 4.79 Å². The van der Waals surface area contributed by atoms with Gasteiger partial charge in [-0.25, -0.2) is 0 Å². The molecule has 0 saturated heterocycles. The highest BCUT2D eigenvalue weighted by Gasteiger charge is 2.23. The van der Waals surface area contributed by atoms with Crippen molar-refractivity contribution in [1.82, 2.24) is 0 Å². The van der Waals surface area contributed by atoms with Crippen LogP contribution in [0.1, 0.15) is 32.1 Å². The van der Waals surface area contributed by atoms with Crippen LogP contribution in [0.2, 0.25) is 0 Å². The van der Waals surface area contributed by atoms with Gasteiger partial charge in [-0.05, 0) is 25.2 Å². The first kappa shape index (κ1) is 8.53. The molecule has 0 spiro atoms. The molecule has 1 aliphatic carbocycles. The SMILES string of the molecule is N[C@H]1CCC[C@H]1CCC(=O)O. The molecule has 11 heavy (non-hydrogen) atoms. The Hall–Kier alpha value is -0.570. The fourth-order valence-corrected chi connectivity index (χ4v) is 1.73. The monoisotopic (exact) mass is 157 g/mol. The second kappa shape index (κ2) is 3.72. The maximum absolute atomic E-state index is 10.2. The van der Waals surface area contributed by atoms with Crippen molar-refractivity contribution in [2.24, 2.45) is 11.7 Å². The standard InChI is InChI=1S/C8H15NO2/c9-7-3-1-2-6(7)4-5-8(10)11/h6-7H,1-5,9H2,(H,10,11)/t6-,7-/m0/s1. The maximum atomic E-state index is 10.2. The summed E-state index contributed by atoms with van der Waals surface area (Å²) >= 11 is 0. The minimum atomic E-state index is -0.705. The van der Waals surface area contributed by atoms with Crippen LogP contribution in [0.4, 0.5) is 0 Å². The van der Waals surface area contributed by atoms with Crippen LogP contribution in [-0.2, 0) is 4.79 Å². The number of hydrogen-bond donors (Lipinski definition) is 2. The van der Waals surface area contributed by atoms with Crippen molar-refractivity contribution in [2.75, 3.05) is 0 Å². The Kier molecular flexibility index (Phi) is 2.88. The van der Waals surface area contributed by atoms with Crippen molar-refractivity contribution in [3.63, 3.8) is 0 Å². The van der Waals surface area contributed by atoms with Crippen molar-refractivity contribution < 1.29 is 9.90 Å². The summed E-state index contributed by atoms with van der Waals surface area (Å²) in [5.41, 5.74) is 5.77. The van der Waals surface area contributed by atoms with E-state index in [1.54, 1.807) is 0 Å². The van der Waals surface area contributed by atoms with Gasteiger partial charge in [0.25, 0.3) is 0 Å². The van der Waals surface area contributed by atoms with Crippen molar-refractivity contribution in [2.45, 2.75) is 38.1 Å². The van der Waals surface area contributed by atoms with E-state index in [2.05, 4.69) is 0 Å². The molecule has 3 N–H and O–H groups in total. The van der Waals surface area contributed by atoms with Crippen LogP contribution >= 0.6 is 0 Å². The molecular weight excluding hydrogens is 142 g/mol. The predicted octanol–water partition coefficient (Wildman–Crippen LogP) is 0.979. The smallest absolute Gasteiger partial charge is 0.303 e. The number of aliphatic carboxylic acids is 1. The van der Waals surface area contributed by atoms with Gasteiger partial charge in [0.2, 0.25) is 0 Å². The molecule has 0 amide bonds. The highest BCUT2D eigenvalue weighted by Crippen LogP contribution is 2.27. The van der Waals surface area contributed by atoms with Crippen LogP contribution in [-0.4, -0.2) is 17.1 Å². The zero-order valence-electron chi connectivity index (χ0n) is 6.62. The van der Waals surface area contributed by atoms with Crippen molar-refractivity contribution >= 4 is 5.97 Å². The van der Waals surface area contributed by atoms with Crippen LogP contribution < -0.4 is 5.73 Å². The lowest BCUT2D eigenvalue weighted by molar-refractivity contribution is -0.137. The van der Waals surface area contributed by atoms with Crippen LogP contribution in [0.3, 0.4) is 0 Å². The predicted molar refractivity (Wildman–Crippen MR) is 42.2 cm³/mol. The minimum Gasteiger partial charge on any atom is -0.481 e. The summed E-state index contributed by atoms with van der Waals surface area (Å²) in [5.74, 6) is -0.241. The first-order chi connectivity index (χ1) is 5.20. The average Bonchev–Trinajstić information content (AvgIpc) is 2.31. The molecule has 1 fully saturated rings. The molecule has 1 rings (SSSR count). The van der Waals surface area contributed by atoms with E-state index < -0.39 is 5.97 Å². The summed E-state index contributed by atoms with van der Waals surface area (Å²) in [6.45, 7) is 0. The van der Waals surface area contributed by atoms with E-state index in [1.807, 2.05) is 0 Å². The van der Waals surface area contributed by atoms with Crippen molar-refractivity contribution in [1.29, 1.82) is 0 Å². The largest absolute Gasteiger partial charge is 0.481 e. The van der Waals surface area contributed by atoms with Crippen LogP contribution in [0.25, 0.3) is 0 Å². The van der Waals surface area contributed by atoms with E-state index in [0.29, 0.717) is 5.92 Å². The lowest BCUT2D eigenvalue weighted by Gasteiger charge is -2.12. The first-order valence-electron chi connectivity index (χ1n) is 4.17. The van der Waals surface area contributed by atoms with Gasteiger partial charge in [-0.3, -0.25) is 4.79 Å². The van der Waals surface area contributed by atoms with Gasteiger partial charge < -0.3 is 10.8 Å². The summed E-state index contributed by atoms with van der Waals surface area (Å²) in [7, 11) is 0. The number of rotatable bonds is 3. The topological polar surface area (TPSA) is 63.3 Å². The summed E-state index contributed by atoms with van der Waals surface area (Å²) < 4.78 is 0. The van der Waals surface area contributed by atoms with Gasteiger partial charge in [0.1, 0.15) is 0 Å². The highest BCUT2D eigenvalue weighted by molar-refractivity contribution is 5.66. The number of hydrogen-bond acceptors (Lipinski definition) is 2. The lowest BCUT2D eigenvalue weighted by Crippen LogP contribution is -2.24. The summed E-state index contributed by atoms with van der Waals surface area (Å²) in [6, 6.07) is 0.259. The number of nitrogens with two attached hydrogens (primary N) is 1. The third-order valence-electron chi connectivity index (χ3n) is 2.45. The Morgan fingerprint density at radius 1 is 1.55 bits per heavy atom. The summed E-state index contributed by atoms with van der Waals surface area (Å²) in [6.07, 6.45) is 4.40. The fourth-order valence-electron chi connectivity index (χ4n) is 1.73. The first-order valence-corrected chi connectivity index (χ1v) is 4.17. The Morgan fingerprint density at radius 2 is 2.27 bits per heavy atom. The second-order valence-electron chi connectivity index (χ2n) is 3.29. The third kappa shape index (κ3) is 2.50. The van der Waals surface area contributed by atoms with Gasteiger partial charge in [-0.15, -0.1) is 0 Å². The molecule has 0 aromatic heterocycles. The molecule has 1 aliphatic rings. The highest BCUT2D eigenvalue weighted by atomic mass is 16.4. The molecule has 0 heterocycles. The Morgan fingerprint density at radius 3 is 2.73 bits per heavy atom. The molecular formula is C8H15NO2. The fraction of sp³-hybridized carbons (Fsp3) is 0.875. The van der Waals surface area contributed by atoms with Crippen molar-refractivity contribution in [3.05, 3.63) is 0 Å². The maximum Gasteiger partial charge on any atom is 0.303 e. The van der Waals surface area contributed by atoms with Crippen molar-refractivity contribution in [3.8, 4) is 0 Å². The van der Waals surface area contributed by atoms with E-state index in [0.717, 1.165) is 19.3 Å². The van der Waals surface area contributed by atoms with Gasteiger partial charge in [0.05, 0.1) is 0 Å². The van der Waals surface area contributed by atoms with E-state index in [4.69, 9.17) is 10.8 Å². The quantitative estimate of drug-likeness (QED) is 0.641. The molecule has 0 bridgehead atoms. The van der Waals surface area contributed by atoms with Gasteiger partial charge in [0, 0.05) is 12.5 Å². The molecule has 0 unspecified atom stereocenters. The van der Waals surface area contributed by atoms with Gasteiger partial charge in [-0.1, -0.05) is 6.42 Å². The Labute approximate surface area is 66.6 Å². The van der Waals surface area contributed by atoms with E-state index in [1.165, 1.54) is 6.42 Å². The zero-order valence-corrected chi connectivity index (χ0v) is 6.62. The van der Waals surface area contributed by atoms with Crippen LogP contribution in [0.5, 0.6) is 0 Å². The second-order valence-corrected chi connectivity index (χ2v) is 3.29. The average molecular weight is 157 g/mol. The molecule has 0 aliphatic heterocycles. The molecule has 1 saturated carbocycles. The Bertz CT molecular complexity index is 147. The number of carboxylic acids is 1. The van der Waals surface area contributed by atoms with E-state index >= 15 is 0 Å². The minimum absolute atomic E-state index is 0.259. The molecule has 3 nitrogen and oxygen atoms in total. The van der Waals surface area contributed by atoms with E-state index in [-0.39, 0.29) is 12.5 Å². The number of carbonyl (C=O) groups is 1. The molecule has 0 aromatic rings. The normalized spacial score (nSPS) is 30.6. The van der Waals surface area contributed by atoms with Gasteiger partial charge >= 0.3 is 5.97 Å². The van der Waals surface area contributed by atoms with Crippen LogP contribution in [0, 0.1) is 5.92 Å². The third-order valence-corrected chi connectivity index (χ3v) is 2.45. The van der Waals surface area contributed by atoms with Gasteiger partial charge in [0.15, 0.2) is 0 Å². The molecule has 0 aromatic carbocycles. The molecule has 2 atom stereocenters. The molecule has 64 valence electrons.